The molecule has 0 radical (unpaired) electrons. The zero-order valence-corrected chi connectivity index (χ0v) is 10.1. The van der Waals surface area contributed by atoms with Crippen molar-refractivity contribution in [2.75, 3.05) is 19.0 Å². The lowest BCUT2D eigenvalue weighted by atomic mass is 10.1. The quantitative estimate of drug-likeness (QED) is 0.712. The van der Waals surface area contributed by atoms with Gasteiger partial charge in [0.2, 0.25) is 0 Å². The molecule has 0 N–H and O–H groups in total. The Kier molecular flexibility index (Phi) is 2.99. The second-order valence-electron chi connectivity index (χ2n) is 3.31. The second kappa shape index (κ2) is 3.64. The molecule has 1 rings (SSSR count). The number of hydrogen-bond donors (Lipinski definition) is 0. The molecule has 0 spiro atoms. The van der Waals surface area contributed by atoms with Gasteiger partial charge in [-0.25, -0.2) is 0 Å². The molecule has 1 aromatic rings. The fourth-order valence-corrected chi connectivity index (χ4v) is 2.87. The van der Waals surface area contributed by atoms with Gasteiger partial charge in [-0.3, -0.25) is 0 Å². The number of benzene rings is 1. The fourth-order valence-electron chi connectivity index (χ4n) is 1.47. The Morgan fingerprint density at radius 1 is 1.17 bits per heavy atom. The molecule has 0 aliphatic heterocycles. The Hall–Kier alpha value is -0.250. The monoisotopic (exact) mass is 275 g/mol. The molecule has 2 heteroatoms. The summed E-state index contributed by atoms with van der Waals surface area (Å²) in [6.45, 7) is 4.29. The van der Waals surface area contributed by atoms with E-state index in [9.17, 15) is 0 Å². The van der Waals surface area contributed by atoms with E-state index in [2.05, 4.69) is 67.6 Å². The number of rotatable bonds is 1. The molecule has 0 fully saturated rings. The highest BCUT2D eigenvalue weighted by Gasteiger charge is 2.05. The van der Waals surface area contributed by atoms with E-state index >= 15 is 0 Å². The molecule has 0 aromatic heterocycles. The van der Waals surface area contributed by atoms with Crippen molar-refractivity contribution in [3.8, 4) is 0 Å². The van der Waals surface area contributed by atoms with Crippen LogP contribution in [0.15, 0.2) is 12.1 Å². The molecular formula is C10H14IN. The average Bonchev–Trinajstić information content (AvgIpc) is 1.82. The summed E-state index contributed by atoms with van der Waals surface area (Å²) in [5, 5.41) is 0. The van der Waals surface area contributed by atoms with Crippen LogP contribution in [-0.4, -0.2) is 14.1 Å². The summed E-state index contributed by atoms with van der Waals surface area (Å²) in [6, 6.07) is 4.43. The molecule has 0 aliphatic rings. The fraction of sp³-hybridized carbons (Fsp3) is 0.400. The van der Waals surface area contributed by atoms with Crippen LogP contribution in [0.2, 0.25) is 0 Å². The van der Waals surface area contributed by atoms with Gasteiger partial charge in [0.1, 0.15) is 0 Å². The summed E-state index contributed by atoms with van der Waals surface area (Å²) >= 11 is 2.39. The van der Waals surface area contributed by atoms with Crippen molar-refractivity contribution < 1.29 is 0 Å². The van der Waals surface area contributed by atoms with Crippen LogP contribution in [-0.2, 0) is 0 Å². The van der Waals surface area contributed by atoms with E-state index in [1.807, 2.05) is 0 Å². The van der Waals surface area contributed by atoms with Gasteiger partial charge in [-0.1, -0.05) is 6.07 Å². The van der Waals surface area contributed by atoms with Crippen LogP contribution in [0.4, 0.5) is 5.69 Å². The summed E-state index contributed by atoms with van der Waals surface area (Å²) in [7, 11) is 4.17. The molecule has 0 saturated heterocycles. The zero-order valence-electron chi connectivity index (χ0n) is 7.98. The molecule has 0 atom stereocenters. The highest BCUT2D eigenvalue weighted by Crippen LogP contribution is 2.26. The maximum Gasteiger partial charge on any atom is 0.0526 e. The molecule has 0 unspecified atom stereocenters. The standard InChI is InChI=1S/C10H14IN/c1-7-5-8(2)10(12(3)4)9(11)6-7/h5-6H,1-4H3. The smallest absolute Gasteiger partial charge is 0.0526 e. The summed E-state index contributed by atoms with van der Waals surface area (Å²) < 4.78 is 1.33. The number of hydrogen-bond acceptors (Lipinski definition) is 1. The van der Waals surface area contributed by atoms with Crippen LogP contribution in [0.1, 0.15) is 11.1 Å². The molecule has 0 saturated carbocycles. The van der Waals surface area contributed by atoms with Crippen molar-refractivity contribution in [2.45, 2.75) is 13.8 Å². The molecule has 1 nitrogen and oxygen atoms in total. The van der Waals surface area contributed by atoms with E-state index < -0.39 is 0 Å². The first-order valence-electron chi connectivity index (χ1n) is 3.96. The molecule has 0 heterocycles. The van der Waals surface area contributed by atoms with Gasteiger partial charge in [0.05, 0.1) is 5.69 Å². The minimum Gasteiger partial charge on any atom is -0.377 e. The first-order chi connectivity index (χ1) is 5.52. The first kappa shape index (κ1) is 9.84. The van der Waals surface area contributed by atoms with E-state index in [-0.39, 0.29) is 0 Å². The molecular weight excluding hydrogens is 261 g/mol. The van der Waals surface area contributed by atoms with Gasteiger partial charge in [-0.2, -0.15) is 0 Å². The Morgan fingerprint density at radius 2 is 1.75 bits per heavy atom. The van der Waals surface area contributed by atoms with Crippen molar-refractivity contribution in [1.29, 1.82) is 0 Å². The summed E-state index contributed by atoms with van der Waals surface area (Å²) in [4.78, 5) is 2.16. The third-order valence-electron chi connectivity index (χ3n) is 1.85. The van der Waals surface area contributed by atoms with E-state index in [1.165, 1.54) is 20.4 Å². The largest absolute Gasteiger partial charge is 0.377 e. The van der Waals surface area contributed by atoms with Gasteiger partial charge in [-0.05, 0) is 53.6 Å². The van der Waals surface area contributed by atoms with Crippen molar-refractivity contribution >= 4 is 28.3 Å². The Morgan fingerprint density at radius 3 is 2.17 bits per heavy atom. The SMILES string of the molecule is Cc1cc(C)c(N(C)C)c(I)c1. The van der Waals surface area contributed by atoms with E-state index in [1.54, 1.807) is 0 Å². The molecule has 0 aliphatic carbocycles. The molecule has 1 aromatic carbocycles. The second-order valence-corrected chi connectivity index (χ2v) is 4.47. The minimum atomic E-state index is 1.33. The van der Waals surface area contributed by atoms with Gasteiger partial charge >= 0.3 is 0 Å². The van der Waals surface area contributed by atoms with Gasteiger partial charge in [0.25, 0.3) is 0 Å². The Balaban J connectivity index is 3.28. The number of aryl methyl sites for hydroxylation is 2. The molecule has 0 bridgehead atoms. The average molecular weight is 275 g/mol. The van der Waals surface area contributed by atoms with Crippen LogP contribution in [0.5, 0.6) is 0 Å². The van der Waals surface area contributed by atoms with Crippen LogP contribution in [0.3, 0.4) is 0 Å². The third kappa shape index (κ3) is 1.91. The van der Waals surface area contributed by atoms with Crippen molar-refractivity contribution in [1.82, 2.24) is 0 Å². The van der Waals surface area contributed by atoms with Crippen LogP contribution in [0.25, 0.3) is 0 Å². The minimum absolute atomic E-state index is 1.33. The highest BCUT2D eigenvalue weighted by atomic mass is 127. The van der Waals surface area contributed by atoms with Gasteiger partial charge in [0, 0.05) is 17.7 Å². The predicted molar refractivity (Wildman–Crippen MR) is 63.0 cm³/mol. The van der Waals surface area contributed by atoms with E-state index in [4.69, 9.17) is 0 Å². The summed E-state index contributed by atoms with van der Waals surface area (Å²) in [5.74, 6) is 0. The summed E-state index contributed by atoms with van der Waals surface area (Å²) in [5.41, 5.74) is 4.02. The zero-order chi connectivity index (χ0) is 9.30. The van der Waals surface area contributed by atoms with Gasteiger partial charge in [-0.15, -0.1) is 0 Å². The summed E-state index contributed by atoms with van der Waals surface area (Å²) in [6.07, 6.45) is 0. The molecule has 12 heavy (non-hydrogen) atoms. The van der Waals surface area contributed by atoms with Crippen molar-refractivity contribution in [3.05, 3.63) is 26.8 Å². The highest BCUT2D eigenvalue weighted by molar-refractivity contribution is 14.1. The maximum atomic E-state index is 2.39. The molecule has 66 valence electrons. The van der Waals surface area contributed by atoms with E-state index in [0.717, 1.165) is 0 Å². The Labute approximate surface area is 87.9 Å². The van der Waals surface area contributed by atoms with E-state index in [0.29, 0.717) is 0 Å². The number of halogens is 1. The first-order valence-corrected chi connectivity index (χ1v) is 5.04. The predicted octanol–water partition coefficient (Wildman–Crippen LogP) is 2.97. The van der Waals surface area contributed by atoms with Gasteiger partial charge in [0.15, 0.2) is 0 Å². The maximum absolute atomic E-state index is 2.39. The topological polar surface area (TPSA) is 3.24 Å². The Bertz CT molecular complexity index is 269. The lowest BCUT2D eigenvalue weighted by Crippen LogP contribution is -2.12. The third-order valence-corrected chi connectivity index (χ3v) is 2.67. The van der Waals surface area contributed by atoms with Crippen molar-refractivity contribution in [3.63, 3.8) is 0 Å². The van der Waals surface area contributed by atoms with Crippen LogP contribution in [0, 0.1) is 17.4 Å². The van der Waals surface area contributed by atoms with Crippen LogP contribution >= 0.6 is 22.6 Å². The number of nitrogens with zero attached hydrogens (tertiary/aromatic N) is 1. The molecule has 0 amide bonds. The lowest BCUT2D eigenvalue weighted by molar-refractivity contribution is 1.10. The number of anilines is 1. The van der Waals surface area contributed by atoms with Gasteiger partial charge < -0.3 is 4.90 Å². The lowest BCUT2D eigenvalue weighted by Gasteiger charge is -2.18. The van der Waals surface area contributed by atoms with Crippen LogP contribution < -0.4 is 4.90 Å². The van der Waals surface area contributed by atoms with Crippen molar-refractivity contribution in [2.24, 2.45) is 0 Å². The normalized spacial score (nSPS) is 10.1.